The number of nitrogens with zero attached hydrogens (tertiary/aromatic N) is 1. The Kier molecular flexibility index (Phi) is 6.93. The second-order valence-corrected chi connectivity index (χ2v) is 7.45. The lowest BCUT2D eigenvalue weighted by Gasteiger charge is -2.32. The van der Waals surface area contributed by atoms with E-state index in [9.17, 15) is 0 Å². The van der Waals surface area contributed by atoms with E-state index < -0.39 is 0 Å². The van der Waals surface area contributed by atoms with Gasteiger partial charge in [0.25, 0.3) is 0 Å². The third-order valence-corrected chi connectivity index (χ3v) is 5.83. The molecular formula is C22H29ClN2O. The molecule has 2 aliphatic rings. The minimum atomic E-state index is 0. The molecule has 1 aliphatic carbocycles. The van der Waals surface area contributed by atoms with E-state index in [4.69, 9.17) is 4.74 Å². The number of rotatable bonds is 5. The molecule has 1 saturated carbocycles. The quantitative estimate of drug-likeness (QED) is 0.807. The van der Waals surface area contributed by atoms with E-state index in [2.05, 4.69) is 46.7 Å². The predicted octanol–water partition coefficient (Wildman–Crippen LogP) is 4.93. The zero-order valence-corrected chi connectivity index (χ0v) is 16.1. The van der Waals surface area contributed by atoms with E-state index in [1.165, 1.54) is 43.4 Å². The number of aromatic nitrogens is 1. The normalized spacial score (nSPS) is 23.4. The Bertz CT molecular complexity index is 673. The van der Waals surface area contributed by atoms with Crippen LogP contribution in [0.1, 0.15) is 55.2 Å². The summed E-state index contributed by atoms with van der Waals surface area (Å²) in [5.41, 5.74) is 2.62. The number of benzene rings is 1. The van der Waals surface area contributed by atoms with Crippen LogP contribution in [-0.4, -0.2) is 24.7 Å². The van der Waals surface area contributed by atoms with Gasteiger partial charge >= 0.3 is 0 Å². The summed E-state index contributed by atoms with van der Waals surface area (Å²) < 4.78 is 6.34. The van der Waals surface area contributed by atoms with Crippen molar-refractivity contribution in [1.29, 1.82) is 0 Å². The minimum Gasteiger partial charge on any atom is -0.491 e. The molecule has 1 N–H and O–H groups in total. The van der Waals surface area contributed by atoms with Crippen LogP contribution < -0.4 is 10.1 Å². The zero-order chi connectivity index (χ0) is 16.9. The molecule has 4 rings (SSSR count). The Labute approximate surface area is 163 Å². The third kappa shape index (κ3) is 4.39. The van der Waals surface area contributed by atoms with Crippen LogP contribution in [0, 0.1) is 5.92 Å². The van der Waals surface area contributed by atoms with Crippen LogP contribution in [0.3, 0.4) is 0 Å². The molecule has 140 valence electrons. The minimum absolute atomic E-state index is 0. The fourth-order valence-electron chi connectivity index (χ4n) is 4.46. The Morgan fingerprint density at radius 3 is 2.62 bits per heavy atom. The van der Waals surface area contributed by atoms with Gasteiger partial charge in [-0.25, -0.2) is 0 Å². The van der Waals surface area contributed by atoms with Crippen LogP contribution in [0.2, 0.25) is 0 Å². The average Bonchev–Trinajstić information content (AvgIpc) is 3.22. The number of pyridine rings is 1. The van der Waals surface area contributed by atoms with Gasteiger partial charge in [0, 0.05) is 24.6 Å². The van der Waals surface area contributed by atoms with Gasteiger partial charge in [-0.05, 0) is 49.4 Å². The lowest BCUT2D eigenvalue weighted by molar-refractivity contribution is 0.194. The van der Waals surface area contributed by atoms with Gasteiger partial charge in [0.05, 0.1) is 12.3 Å². The van der Waals surface area contributed by atoms with Crippen LogP contribution in [0.25, 0.3) is 0 Å². The molecule has 2 unspecified atom stereocenters. The molecule has 3 nitrogen and oxygen atoms in total. The second-order valence-electron chi connectivity index (χ2n) is 7.45. The monoisotopic (exact) mass is 372 g/mol. The van der Waals surface area contributed by atoms with Gasteiger partial charge in [-0.1, -0.05) is 43.2 Å². The van der Waals surface area contributed by atoms with Crippen molar-refractivity contribution < 1.29 is 4.74 Å². The van der Waals surface area contributed by atoms with Gasteiger partial charge in [0.2, 0.25) is 0 Å². The van der Waals surface area contributed by atoms with Gasteiger partial charge in [-0.2, -0.15) is 0 Å². The standard InChI is InChI=1S/C22H28N2O.ClH/c1-2-7-17(8-3-1)20-12-14-23-15-19(20)16-25-21-11-6-13-24-22(21)18-9-4-5-10-18;/h1-3,6-8,11,13,18-20,23H,4-5,9-10,12,14-16H2;1H. The van der Waals surface area contributed by atoms with E-state index >= 15 is 0 Å². The van der Waals surface area contributed by atoms with E-state index in [1.54, 1.807) is 0 Å². The van der Waals surface area contributed by atoms with Crippen molar-refractivity contribution in [3.05, 3.63) is 59.9 Å². The summed E-state index contributed by atoms with van der Waals surface area (Å²) in [7, 11) is 0. The van der Waals surface area contributed by atoms with Crippen molar-refractivity contribution in [2.75, 3.05) is 19.7 Å². The van der Waals surface area contributed by atoms with Gasteiger partial charge in [-0.15, -0.1) is 12.4 Å². The van der Waals surface area contributed by atoms with Crippen LogP contribution >= 0.6 is 12.4 Å². The predicted molar refractivity (Wildman–Crippen MR) is 108 cm³/mol. The highest BCUT2D eigenvalue weighted by molar-refractivity contribution is 5.85. The number of hydrogen-bond donors (Lipinski definition) is 1. The molecule has 0 amide bonds. The van der Waals surface area contributed by atoms with Gasteiger partial charge in [0.1, 0.15) is 5.75 Å². The topological polar surface area (TPSA) is 34.1 Å². The summed E-state index contributed by atoms with van der Waals surface area (Å²) in [6, 6.07) is 15.0. The molecule has 4 heteroatoms. The van der Waals surface area contributed by atoms with Crippen molar-refractivity contribution >= 4 is 12.4 Å². The molecule has 2 heterocycles. The van der Waals surface area contributed by atoms with Crippen LogP contribution in [-0.2, 0) is 0 Å². The van der Waals surface area contributed by atoms with Gasteiger partial charge in [-0.3, -0.25) is 4.98 Å². The molecule has 0 spiro atoms. The van der Waals surface area contributed by atoms with Gasteiger partial charge in [0.15, 0.2) is 0 Å². The highest BCUT2D eigenvalue weighted by Gasteiger charge is 2.28. The van der Waals surface area contributed by atoms with Crippen LogP contribution in [0.5, 0.6) is 5.75 Å². The van der Waals surface area contributed by atoms with E-state index in [0.717, 1.165) is 25.4 Å². The van der Waals surface area contributed by atoms with Crippen molar-refractivity contribution in [2.24, 2.45) is 5.92 Å². The Morgan fingerprint density at radius 2 is 1.81 bits per heavy atom. The molecule has 2 aromatic rings. The summed E-state index contributed by atoms with van der Waals surface area (Å²) in [6.07, 6.45) is 8.25. The van der Waals surface area contributed by atoms with E-state index in [1.807, 2.05) is 12.3 Å². The Hall–Kier alpha value is -1.58. The molecule has 26 heavy (non-hydrogen) atoms. The molecule has 1 aromatic carbocycles. The summed E-state index contributed by atoms with van der Waals surface area (Å²) in [5, 5.41) is 3.54. The fraction of sp³-hybridized carbons (Fsp3) is 0.500. The molecule has 2 atom stereocenters. The highest BCUT2D eigenvalue weighted by Crippen LogP contribution is 2.38. The number of ether oxygens (including phenoxy) is 1. The fourth-order valence-corrected chi connectivity index (χ4v) is 4.46. The smallest absolute Gasteiger partial charge is 0.141 e. The van der Waals surface area contributed by atoms with Crippen molar-refractivity contribution in [3.63, 3.8) is 0 Å². The molecule has 0 radical (unpaired) electrons. The molecule has 0 bridgehead atoms. The van der Waals surface area contributed by atoms with Crippen LogP contribution in [0.4, 0.5) is 0 Å². The summed E-state index contributed by atoms with van der Waals surface area (Å²) in [4.78, 5) is 4.66. The van der Waals surface area contributed by atoms with E-state index in [-0.39, 0.29) is 12.4 Å². The summed E-state index contributed by atoms with van der Waals surface area (Å²) >= 11 is 0. The lowest BCUT2D eigenvalue weighted by atomic mass is 9.81. The zero-order valence-electron chi connectivity index (χ0n) is 15.3. The molecule has 1 aliphatic heterocycles. The molecule has 2 fully saturated rings. The first-order chi connectivity index (χ1) is 12.4. The molecular weight excluding hydrogens is 344 g/mol. The first-order valence-corrected chi connectivity index (χ1v) is 9.75. The number of halogens is 1. The van der Waals surface area contributed by atoms with Crippen molar-refractivity contribution in [1.82, 2.24) is 10.3 Å². The lowest BCUT2D eigenvalue weighted by Crippen LogP contribution is -2.38. The number of hydrogen-bond acceptors (Lipinski definition) is 3. The second kappa shape index (κ2) is 9.38. The van der Waals surface area contributed by atoms with E-state index in [0.29, 0.717) is 17.8 Å². The summed E-state index contributed by atoms with van der Waals surface area (Å²) in [5.74, 6) is 2.68. The summed E-state index contributed by atoms with van der Waals surface area (Å²) in [6.45, 7) is 2.88. The maximum Gasteiger partial charge on any atom is 0.141 e. The Morgan fingerprint density at radius 1 is 1.00 bits per heavy atom. The number of piperidine rings is 1. The first kappa shape index (κ1) is 19.2. The van der Waals surface area contributed by atoms with Crippen LogP contribution in [0.15, 0.2) is 48.7 Å². The number of nitrogens with one attached hydrogen (secondary N) is 1. The molecule has 1 aromatic heterocycles. The largest absolute Gasteiger partial charge is 0.491 e. The average molecular weight is 373 g/mol. The third-order valence-electron chi connectivity index (χ3n) is 5.83. The maximum absolute atomic E-state index is 6.34. The molecule has 1 saturated heterocycles. The van der Waals surface area contributed by atoms with Gasteiger partial charge < -0.3 is 10.1 Å². The highest BCUT2D eigenvalue weighted by atomic mass is 35.5. The van der Waals surface area contributed by atoms with Crippen molar-refractivity contribution in [2.45, 2.75) is 43.9 Å². The van der Waals surface area contributed by atoms with Crippen molar-refractivity contribution in [3.8, 4) is 5.75 Å². The first-order valence-electron chi connectivity index (χ1n) is 9.75. The maximum atomic E-state index is 6.34. The Balaban J connectivity index is 0.00000196. The SMILES string of the molecule is Cl.c1ccc(C2CCNCC2COc2cccnc2C2CCCC2)cc1.